The van der Waals surface area contributed by atoms with E-state index in [1.807, 2.05) is 18.3 Å². The van der Waals surface area contributed by atoms with E-state index in [0.717, 1.165) is 5.57 Å². The van der Waals surface area contributed by atoms with Crippen LogP contribution >= 0.6 is 11.3 Å². The van der Waals surface area contributed by atoms with Crippen molar-refractivity contribution >= 4 is 37.1 Å². The third kappa shape index (κ3) is 2.90. The van der Waals surface area contributed by atoms with Crippen LogP contribution in [-0.2, 0) is 0 Å². The molecule has 1 heterocycles. The van der Waals surface area contributed by atoms with E-state index >= 15 is 0 Å². The van der Waals surface area contributed by atoms with Crippen LogP contribution in [0.15, 0.2) is 72.3 Å². The molecule has 0 spiro atoms. The molecule has 0 N–H and O–H groups in total. The van der Waals surface area contributed by atoms with Gasteiger partial charge in [0.25, 0.3) is 0 Å². The zero-order valence-corrected chi connectivity index (χ0v) is 14.1. The smallest absolute Gasteiger partial charge is 0.0361 e. The van der Waals surface area contributed by atoms with Gasteiger partial charge in [-0.1, -0.05) is 60.2 Å². The molecule has 0 radical (unpaired) electrons. The molecule has 2 aromatic carbocycles. The summed E-state index contributed by atoms with van der Waals surface area (Å²) in [6, 6.07) is 15.4. The van der Waals surface area contributed by atoms with Gasteiger partial charge in [0, 0.05) is 20.2 Å². The average Bonchev–Trinajstić information content (AvgIpc) is 2.83. The molecule has 1 aromatic heterocycles. The molecule has 1 heteroatoms. The molecule has 0 aliphatic rings. The molecule has 3 rings (SSSR count). The average molecular weight is 304 g/mol. The summed E-state index contributed by atoms with van der Waals surface area (Å²) in [7, 11) is 0. The molecule has 110 valence electrons. The van der Waals surface area contributed by atoms with Crippen LogP contribution in [0.5, 0.6) is 0 Å². The zero-order chi connectivity index (χ0) is 15.7. The van der Waals surface area contributed by atoms with Crippen molar-refractivity contribution in [3.8, 4) is 0 Å². The van der Waals surface area contributed by atoms with Crippen molar-refractivity contribution in [3.63, 3.8) is 0 Å². The van der Waals surface area contributed by atoms with Gasteiger partial charge < -0.3 is 0 Å². The number of thiophene rings is 1. The van der Waals surface area contributed by atoms with Crippen LogP contribution in [0.25, 0.3) is 25.7 Å². The molecule has 0 bridgehead atoms. The largest absolute Gasteiger partial charge is 0.135 e. The second kappa shape index (κ2) is 5.94. The van der Waals surface area contributed by atoms with Crippen LogP contribution in [-0.4, -0.2) is 0 Å². The van der Waals surface area contributed by atoms with E-state index < -0.39 is 0 Å². The predicted molar refractivity (Wildman–Crippen MR) is 102 cm³/mol. The van der Waals surface area contributed by atoms with E-state index in [0.29, 0.717) is 0 Å². The second-order valence-electron chi connectivity index (χ2n) is 5.98. The van der Waals surface area contributed by atoms with E-state index in [2.05, 4.69) is 75.0 Å². The molecule has 0 aliphatic heterocycles. The fourth-order valence-corrected chi connectivity index (χ4v) is 3.84. The van der Waals surface area contributed by atoms with Gasteiger partial charge in [-0.15, -0.1) is 11.3 Å². The van der Waals surface area contributed by atoms with Crippen LogP contribution in [0.2, 0.25) is 0 Å². The first-order valence-corrected chi connectivity index (χ1v) is 8.30. The quantitative estimate of drug-likeness (QED) is 0.458. The minimum atomic E-state index is 1.07. The van der Waals surface area contributed by atoms with Gasteiger partial charge in [-0.25, -0.2) is 0 Å². The molecule has 0 fully saturated rings. The standard InChI is InChI=1S/C21H20S/c1-14(2)11-17(12-15(3)4)16-9-10-19-18-7-5-6-8-20(18)22-21(19)13-16/h5-13H,1H2,2-4H3/b17-11+. The number of allylic oxidation sites excluding steroid dienone is 5. The maximum absolute atomic E-state index is 4.02. The normalized spacial score (nSPS) is 11.9. The number of hydrogen-bond donors (Lipinski definition) is 0. The highest BCUT2D eigenvalue weighted by Gasteiger charge is 2.06. The van der Waals surface area contributed by atoms with Gasteiger partial charge in [0.1, 0.15) is 0 Å². The summed E-state index contributed by atoms with van der Waals surface area (Å²) in [6.07, 6.45) is 4.38. The highest BCUT2D eigenvalue weighted by molar-refractivity contribution is 7.25. The Morgan fingerprint density at radius 2 is 1.64 bits per heavy atom. The van der Waals surface area contributed by atoms with Crippen LogP contribution in [0.4, 0.5) is 0 Å². The summed E-state index contributed by atoms with van der Waals surface area (Å²) in [6.45, 7) is 10.3. The molecule has 0 atom stereocenters. The first-order valence-electron chi connectivity index (χ1n) is 7.48. The van der Waals surface area contributed by atoms with Gasteiger partial charge in [0.15, 0.2) is 0 Å². The minimum Gasteiger partial charge on any atom is -0.135 e. The monoisotopic (exact) mass is 304 g/mol. The first kappa shape index (κ1) is 14.8. The Balaban J connectivity index is 2.20. The van der Waals surface area contributed by atoms with Gasteiger partial charge in [0.05, 0.1) is 0 Å². The molecule has 0 saturated heterocycles. The Bertz CT molecular complexity index is 915. The van der Waals surface area contributed by atoms with Crippen LogP contribution < -0.4 is 0 Å². The molecule has 3 aromatic rings. The van der Waals surface area contributed by atoms with Crippen LogP contribution in [0.1, 0.15) is 26.3 Å². The maximum Gasteiger partial charge on any atom is 0.0361 e. The summed E-state index contributed by atoms with van der Waals surface area (Å²) in [5, 5.41) is 2.69. The van der Waals surface area contributed by atoms with Crippen molar-refractivity contribution in [2.45, 2.75) is 20.8 Å². The maximum atomic E-state index is 4.02. The van der Waals surface area contributed by atoms with Crippen molar-refractivity contribution in [2.24, 2.45) is 0 Å². The lowest BCUT2D eigenvalue weighted by Gasteiger charge is -2.05. The number of fused-ring (bicyclic) bond motifs is 3. The van der Waals surface area contributed by atoms with Gasteiger partial charge >= 0.3 is 0 Å². The topological polar surface area (TPSA) is 0 Å². The van der Waals surface area contributed by atoms with Crippen molar-refractivity contribution < 1.29 is 0 Å². The highest BCUT2D eigenvalue weighted by Crippen LogP contribution is 2.35. The van der Waals surface area contributed by atoms with Crippen LogP contribution in [0, 0.1) is 0 Å². The number of benzene rings is 2. The van der Waals surface area contributed by atoms with E-state index in [9.17, 15) is 0 Å². The third-order valence-corrected chi connectivity index (χ3v) is 4.69. The number of rotatable bonds is 3. The summed E-state index contributed by atoms with van der Waals surface area (Å²) in [5.74, 6) is 0. The van der Waals surface area contributed by atoms with E-state index in [4.69, 9.17) is 0 Å². The van der Waals surface area contributed by atoms with E-state index in [1.165, 1.54) is 36.9 Å². The van der Waals surface area contributed by atoms with Crippen molar-refractivity contribution in [2.75, 3.05) is 0 Å². The van der Waals surface area contributed by atoms with E-state index in [1.54, 1.807) is 0 Å². The first-order chi connectivity index (χ1) is 10.5. The highest BCUT2D eigenvalue weighted by atomic mass is 32.1. The Morgan fingerprint density at radius 1 is 0.909 bits per heavy atom. The Morgan fingerprint density at radius 3 is 2.36 bits per heavy atom. The molecule has 0 nitrogen and oxygen atoms in total. The lowest BCUT2D eigenvalue weighted by atomic mass is 10.00. The minimum absolute atomic E-state index is 1.07. The molecular weight excluding hydrogens is 284 g/mol. The van der Waals surface area contributed by atoms with Gasteiger partial charge in [-0.3, -0.25) is 0 Å². The lowest BCUT2D eigenvalue weighted by molar-refractivity contribution is 1.39. The predicted octanol–water partition coefficient (Wildman–Crippen LogP) is 6.98. The molecule has 0 aliphatic carbocycles. The molecule has 0 unspecified atom stereocenters. The molecular formula is C21H20S. The van der Waals surface area contributed by atoms with Gasteiger partial charge in [0.2, 0.25) is 0 Å². The molecule has 22 heavy (non-hydrogen) atoms. The molecule has 0 saturated carbocycles. The fraction of sp³-hybridized carbons (Fsp3) is 0.143. The van der Waals surface area contributed by atoms with E-state index in [-0.39, 0.29) is 0 Å². The second-order valence-corrected chi connectivity index (χ2v) is 7.06. The zero-order valence-electron chi connectivity index (χ0n) is 13.3. The van der Waals surface area contributed by atoms with Gasteiger partial charge in [-0.2, -0.15) is 0 Å². The van der Waals surface area contributed by atoms with Crippen molar-refractivity contribution in [1.29, 1.82) is 0 Å². The Labute approximate surface area is 136 Å². The number of hydrogen-bond acceptors (Lipinski definition) is 1. The summed E-state index contributed by atoms with van der Waals surface area (Å²) >= 11 is 1.86. The Kier molecular flexibility index (Phi) is 4.00. The molecule has 0 amide bonds. The summed E-state index contributed by atoms with van der Waals surface area (Å²) in [4.78, 5) is 0. The Hall–Kier alpha value is -2.12. The summed E-state index contributed by atoms with van der Waals surface area (Å²) < 4.78 is 2.69. The fourth-order valence-electron chi connectivity index (χ4n) is 2.69. The summed E-state index contributed by atoms with van der Waals surface area (Å²) in [5.41, 5.74) is 4.85. The van der Waals surface area contributed by atoms with Crippen molar-refractivity contribution in [1.82, 2.24) is 0 Å². The lowest BCUT2D eigenvalue weighted by Crippen LogP contribution is -1.83. The third-order valence-electron chi connectivity index (χ3n) is 3.56. The van der Waals surface area contributed by atoms with Crippen molar-refractivity contribution in [3.05, 3.63) is 77.9 Å². The SMILES string of the molecule is C=C(C)/C=C(\C=C(C)C)c1ccc2c(c1)sc1ccccc12. The van der Waals surface area contributed by atoms with Gasteiger partial charge in [-0.05, 0) is 44.0 Å². The van der Waals surface area contributed by atoms with Crippen LogP contribution in [0.3, 0.4) is 0 Å².